The Hall–Kier alpha value is 0. The predicted octanol–water partition coefficient (Wildman–Crippen LogP) is 12.6. The molecule has 42 heavy (non-hydrogen) atoms. The van der Waals surface area contributed by atoms with Crippen molar-refractivity contribution in [1.82, 2.24) is 0 Å². The Morgan fingerprint density at radius 2 is 0.500 bits per heavy atom. The van der Waals surface area contributed by atoms with Crippen molar-refractivity contribution in [3.8, 4) is 0 Å². The summed E-state index contributed by atoms with van der Waals surface area (Å²) < 4.78 is 0. The van der Waals surface area contributed by atoms with Gasteiger partial charge in [-0.25, -0.2) is 0 Å². The van der Waals surface area contributed by atoms with Gasteiger partial charge >= 0.3 is 0 Å². The standard InChI is InChI=1S/C42H70/c1-2-12-30(13-3-1)35-23-24-36(40-18-7-6-17-39(35)40)32-15-10-16-33(28-32)37-25-26-38(42-20-9-8-19-41(37)42)34-22-21-29-11-4-5-14-31(29)27-34/h29-42H,1-28H2. The maximum atomic E-state index is 1.67. The SMILES string of the molecule is C1CCC(C2CCC(C3CCCC(C4CCC(C5CCC6CCCCC6C5)C5CCCCC45)C3)C3CCCCC23)CC1. The van der Waals surface area contributed by atoms with Crippen molar-refractivity contribution >= 4 is 0 Å². The highest BCUT2D eigenvalue weighted by molar-refractivity contribution is 5.00. The highest BCUT2D eigenvalue weighted by Crippen LogP contribution is 2.59. The van der Waals surface area contributed by atoms with E-state index in [0.717, 1.165) is 82.9 Å². The van der Waals surface area contributed by atoms with Gasteiger partial charge < -0.3 is 0 Å². The van der Waals surface area contributed by atoms with Crippen molar-refractivity contribution in [3.05, 3.63) is 0 Å². The summed E-state index contributed by atoms with van der Waals surface area (Å²) >= 11 is 0. The third-order valence-corrected chi connectivity index (χ3v) is 17.0. The first kappa shape index (κ1) is 29.4. The van der Waals surface area contributed by atoms with Crippen LogP contribution in [-0.2, 0) is 0 Å². The molecule has 0 aromatic heterocycles. The molecule has 13 unspecified atom stereocenters. The van der Waals surface area contributed by atoms with Crippen LogP contribution in [0.1, 0.15) is 180 Å². The summed E-state index contributed by atoms with van der Waals surface area (Å²) in [4.78, 5) is 0. The molecule has 0 amide bonds. The first-order valence-electron chi connectivity index (χ1n) is 20.8. The molecule has 13 atom stereocenters. The minimum Gasteiger partial charge on any atom is -0.0533 e. The van der Waals surface area contributed by atoms with E-state index in [9.17, 15) is 0 Å². The fourth-order valence-electron chi connectivity index (χ4n) is 15.4. The Labute approximate surface area is 262 Å². The van der Waals surface area contributed by atoms with Gasteiger partial charge in [-0.3, -0.25) is 0 Å². The molecule has 0 radical (unpaired) electrons. The summed E-state index contributed by atoms with van der Waals surface area (Å²) in [6.07, 6.45) is 44.9. The second kappa shape index (κ2) is 13.4. The highest BCUT2D eigenvalue weighted by Gasteiger charge is 2.50. The van der Waals surface area contributed by atoms with E-state index in [-0.39, 0.29) is 0 Å². The molecule has 0 nitrogen and oxygen atoms in total. The van der Waals surface area contributed by atoms with Gasteiger partial charge in [-0.05, 0) is 160 Å². The van der Waals surface area contributed by atoms with E-state index in [0.29, 0.717) is 0 Å². The van der Waals surface area contributed by atoms with Gasteiger partial charge in [0, 0.05) is 0 Å². The van der Waals surface area contributed by atoms with Crippen molar-refractivity contribution in [1.29, 1.82) is 0 Å². The molecule has 0 bridgehead atoms. The van der Waals surface area contributed by atoms with Crippen molar-refractivity contribution in [2.24, 2.45) is 82.9 Å². The molecule has 0 saturated heterocycles. The molecule has 0 aliphatic heterocycles. The van der Waals surface area contributed by atoms with Crippen LogP contribution in [0.3, 0.4) is 0 Å². The fraction of sp³-hybridized carbons (Fsp3) is 1.00. The zero-order chi connectivity index (χ0) is 27.9. The van der Waals surface area contributed by atoms with Gasteiger partial charge in [0.25, 0.3) is 0 Å². The Bertz CT molecular complexity index is 852. The highest BCUT2D eigenvalue weighted by atomic mass is 14.6. The summed E-state index contributed by atoms with van der Waals surface area (Å²) in [6.45, 7) is 0. The molecular weight excluding hydrogens is 504 g/mol. The fourth-order valence-corrected chi connectivity index (χ4v) is 15.4. The van der Waals surface area contributed by atoms with Gasteiger partial charge in [0.1, 0.15) is 0 Å². The minimum absolute atomic E-state index is 1.11. The lowest BCUT2D eigenvalue weighted by atomic mass is 9.50. The van der Waals surface area contributed by atoms with Crippen LogP contribution in [0.15, 0.2) is 0 Å². The number of hydrogen-bond donors (Lipinski definition) is 0. The molecule has 0 heteroatoms. The van der Waals surface area contributed by atoms with Crippen LogP contribution >= 0.6 is 0 Å². The molecule has 0 aromatic rings. The number of rotatable bonds is 4. The molecule has 0 N–H and O–H groups in total. The predicted molar refractivity (Wildman–Crippen MR) is 178 cm³/mol. The second-order valence-corrected chi connectivity index (χ2v) is 18.5. The molecule has 0 heterocycles. The smallest absolute Gasteiger partial charge is 0.0352 e. The lowest BCUT2D eigenvalue weighted by molar-refractivity contribution is -0.0514. The van der Waals surface area contributed by atoms with Gasteiger partial charge in [0.15, 0.2) is 0 Å². The van der Waals surface area contributed by atoms with Gasteiger partial charge in [0.2, 0.25) is 0 Å². The van der Waals surface area contributed by atoms with E-state index < -0.39 is 0 Å². The normalized spacial score (nSPS) is 50.7. The average molecular weight is 575 g/mol. The quantitative estimate of drug-likeness (QED) is 0.313. The molecule has 0 spiro atoms. The van der Waals surface area contributed by atoms with E-state index in [1.54, 1.807) is 173 Å². The minimum atomic E-state index is 1.11. The van der Waals surface area contributed by atoms with Gasteiger partial charge in [-0.2, -0.15) is 0 Å². The monoisotopic (exact) mass is 575 g/mol. The molecule has 8 rings (SSSR count). The zero-order valence-electron chi connectivity index (χ0n) is 27.9. The van der Waals surface area contributed by atoms with Crippen LogP contribution in [0, 0.1) is 82.9 Å². The maximum absolute atomic E-state index is 1.67. The summed E-state index contributed by atoms with van der Waals surface area (Å²) in [5.74, 6) is 15.8. The third-order valence-electron chi connectivity index (χ3n) is 17.0. The molecule has 8 aliphatic rings. The largest absolute Gasteiger partial charge is 0.0533 e. The summed E-state index contributed by atoms with van der Waals surface area (Å²) in [5, 5.41) is 0. The van der Waals surface area contributed by atoms with Crippen molar-refractivity contribution < 1.29 is 0 Å². The van der Waals surface area contributed by atoms with Crippen LogP contribution in [0.5, 0.6) is 0 Å². The Kier molecular flexibility index (Phi) is 9.37. The van der Waals surface area contributed by atoms with Crippen LogP contribution in [0.25, 0.3) is 0 Å². The molecular formula is C42H70. The summed E-state index contributed by atoms with van der Waals surface area (Å²) in [6, 6.07) is 0. The van der Waals surface area contributed by atoms with Crippen molar-refractivity contribution in [3.63, 3.8) is 0 Å². The second-order valence-electron chi connectivity index (χ2n) is 18.5. The lowest BCUT2D eigenvalue weighted by Gasteiger charge is -2.55. The van der Waals surface area contributed by atoms with E-state index in [1.165, 1.54) is 6.42 Å². The molecule has 0 aromatic carbocycles. The Morgan fingerprint density at radius 1 is 0.167 bits per heavy atom. The summed E-state index contributed by atoms with van der Waals surface area (Å²) in [7, 11) is 0. The lowest BCUT2D eigenvalue weighted by Crippen LogP contribution is -2.46. The first-order chi connectivity index (χ1) is 20.8. The maximum Gasteiger partial charge on any atom is -0.0352 e. The van der Waals surface area contributed by atoms with Crippen LogP contribution in [0.4, 0.5) is 0 Å². The Balaban J connectivity index is 0.935. The van der Waals surface area contributed by atoms with Gasteiger partial charge in [-0.1, -0.05) is 103 Å². The topological polar surface area (TPSA) is 0 Å². The first-order valence-corrected chi connectivity index (χ1v) is 20.8. The third kappa shape index (κ3) is 5.85. The summed E-state index contributed by atoms with van der Waals surface area (Å²) in [5.41, 5.74) is 0. The van der Waals surface area contributed by atoms with Crippen LogP contribution in [-0.4, -0.2) is 0 Å². The van der Waals surface area contributed by atoms with Crippen LogP contribution < -0.4 is 0 Å². The van der Waals surface area contributed by atoms with E-state index in [1.807, 2.05) is 0 Å². The number of fused-ring (bicyclic) bond motifs is 3. The Morgan fingerprint density at radius 3 is 1.05 bits per heavy atom. The van der Waals surface area contributed by atoms with Crippen molar-refractivity contribution in [2.45, 2.75) is 180 Å². The number of hydrogen-bond acceptors (Lipinski definition) is 0. The molecule has 8 saturated carbocycles. The van der Waals surface area contributed by atoms with Gasteiger partial charge in [0.05, 0.1) is 0 Å². The molecule has 8 aliphatic carbocycles. The van der Waals surface area contributed by atoms with Gasteiger partial charge in [-0.15, -0.1) is 0 Å². The van der Waals surface area contributed by atoms with Crippen LogP contribution in [0.2, 0.25) is 0 Å². The van der Waals surface area contributed by atoms with E-state index in [4.69, 9.17) is 0 Å². The molecule has 8 fully saturated rings. The van der Waals surface area contributed by atoms with E-state index >= 15 is 0 Å². The zero-order valence-corrected chi connectivity index (χ0v) is 27.9. The average Bonchev–Trinajstić information content (AvgIpc) is 3.07. The van der Waals surface area contributed by atoms with Crippen molar-refractivity contribution in [2.75, 3.05) is 0 Å². The molecule has 238 valence electrons. The van der Waals surface area contributed by atoms with E-state index in [2.05, 4.69) is 0 Å².